The second kappa shape index (κ2) is 7.98. The lowest BCUT2D eigenvalue weighted by atomic mass is 9.99. The molecule has 2 aromatic rings. The van der Waals surface area contributed by atoms with E-state index in [1.165, 1.54) is 47.0 Å². The minimum absolute atomic E-state index is 0.184. The summed E-state index contributed by atoms with van der Waals surface area (Å²) in [5.41, 5.74) is 6.58. The van der Waals surface area contributed by atoms with Crippen LogP contribution in [-0.2, 0) is 32.2 Å². The van der Waals surface area contributed by atoms with Crippen molar-refractivity contribution in [2.24, 2.45) is 0 Å². The summed E-state index contributed by atoms with van der Waals surface area (Å²) in [6, 6.07) is 2.18. The van der Waals surface area contributed by atoms with E-state index >= 15 is 0 Å². The summed E-state index contributed by atoms with van der Waals surface area (Å²) in [5, 5.41) is 5.54. The number of nitrogens with zero attached hydrogens (tertiary/aromatic N) is 2. The lowest BCUT2D eigenvalue weighted by Crippen LogP contribution is -2.23. The number of hydrogen-bond acceptors (Lipinski definition) is 3. The number of benzene rings is 1. The highest BCUT2D eigenvalue weighted by atomic mass is 35.5. The van der Waals surface area contributed by atoms with Gasteiger partial charge in [-0.15, -0.1) is 0 Å². The van der Waals surface area contributed by atoms with Crippen molar-refractivity contribution in [2.45, 2.75) is 52.0 Å². The molecule has 0 radical (unpaired) electrons. The van der Waals surface area contributed by atoms with Gasteiger partial charge in [-0.1, -0.05) is 17.7 Å². The van der Waals surface area contributed by atoms with Crippen molar-refractivity contribution in [1.29, 1.82) is 0 Å². The molecule has 0 atom stereocenters. The molecule has 0 bridgehead atoms. The number of hydrogen-bond donors (Lipinski definition) is 2. The molecule has 7 heteroatoms. The van der Waals surface area contributed by atoms with E-state index in [2.05, 4.69) is 21.1 Å². The van der Waals surface area contributed by atoms with E-state index in [1.54, 1.807) is 6.20 Å². The van der Waals surface area contributed by atoms with E-state index in [-0.39, 0.29) is 6.03 Å². The topological polar surface area (TPSA) is 59.0 Å². The van der Waals surface area contributed by atoms with Crippen molar-refractivity contribution >= 4 is 41.3 Å². The summed E-state index contributed by atoms with van der Waals surface area (Å²) in [6.45, 7) is 2.77. The van der Waals surface area contributed by atoms with Gasteiger partial charge >= 0.3 is 6.03 Å². The highest BCUT2D eigenvalue weighted by Crippen LogP contribution is 2.38. The van der Waals surface area contributed by atoms with Crippen LogP contribution in [-0.4, -0.2) is 15.6 Å². The maximum atomic E-state index is 12.4. The molecule has 27 heavy (non-hydrogen) atoms. The van der Waals surface area contributed by atoms with Crippen LogP contribution < -0.4 is 10.0 Å². The third-order valence-corrected chi connectivity index (χ3v) is 6.18. The normalized spacial score (nSPS) is 15.2. The van der Waals surface area contributed by atoms with E-state index in [4.69, 9.17) is 11.6 Å². The van der Waals surface area contributed by atoms with Crippen LogP contribution in [0.25, 0.3) is 6.08 Å². The van der Waals surface area contributed by atoms with Crippen LogP contribution in [0.5, 0.6) is 0 Å². The number of anilines is 1. The number of aryl methyl sites for hydroxylation is 2. The third kappa shape index (κ3) is 3.73. The highest BCUT2D eigenvalue weighted by Gasteiger charge is 2.24. The molecule has 5 nitrogen and oxygen atoms in total. The Hall–Kier alpha value is -1.92. The fourth-order valence-electron chi connectivity index (χ4n) is 4.10. The number of halogens is 1. The van der Waals surface area contributed by atoms with Crippen LogP contribution in [0.3, 0.4) is 0 Å². The molecule has 4 rings (SSSR count). The number of urea groups is 1. The molecule has 0 spiro atoms. The summed E-state index contributed by atoms with van der Waals surface area (Å²) in [7, 11) is 0. The highest BCUT2D eigenvalue weighted by molar-refractivity contribution is 8.00. The van der Waals surface area contributed by atoms with E-state index in [0.717, 1.165) is 43.7 Å². The molecular formula is C20H23ClN4OS. The molecule has 0 unspecified atom stereocenters. The zero-order valence-corrected chi connectivity index (χ0v) is 16.9. The molecular weight excluding hydrogens is 380 g/mol. The Morgan fingerprint density at radius 3 is 2.63 bits per heavy atom. The van der Waals surface area contributed by atoms with Crippen LogP contribution >= 0.6 is 23.5 Å². The summed E-state index contributed by atoms with van der Waals surface area (Å²) in [5.74, 6) is 0.774. The number of imidazole rings is 1. The third-order valence-electron chi connectivity index (χ3n) is 5.30. The zero-order valence-electron chi connectivity index (χ0n) is 15.3. The molecule has 1 aromatic heterocycles. The second-order valence-corrected chi connectivity index (χ2v) is 7.99. The number of fused-ring (bicyclic) bond motifs is 2. The average Bonchev–Trinajstić information content (AvgIpc) is 3.38. The Bertz CT molecular complexity index is 874. The molecule has 2 aliphatic carbocycles. The van der Waals surface area contributed by atoms with Crippen LogP contribution in [0.1, 0.15) is 47.8 Å². The monoisotopic (exact) mass is 402 g/mol. The van der Waals surface area contributed by atoms with Crippen LogP contribution in [0.2, 0.25) is 5.15 Å². The van der Waals surface area contributed by atoms with Crippen molar-refractivity contribution in [3.8, 4) is 0 Å². The van der Waals surface area contributed by atoms with Gasteiger partial charge in [0.25, 0.3) is 0 Å². The van der Waals surface area contributed by atoms with Gasteiger partial charge in [-0.3, -0.25) is 4.72 Å². The van der Waals surface area contributed by atoms with Crippen LogP contribution in [0.4, 0.5) is 10.5 Å². The number of amides is 2. The predicted molar refractivity (Wildman–Crippen MR) is 112 cm³/mol. The van der Waals surface area contributed by atoms with Crippen molar-refractivity contribution in [3.63, 3.8) is 0 Å². The standard InChI is InChI=1S/C20H23ClN4OS/c1-2-25-17(21)12-22-18(25)9-10-27-24-20(26)23-19-15-7-3-5-13(15)11-14-6-4-8-16(14)19/h9-12H,2-8H2,1H3,(H2,23,24,26)/b10-9+. The Morgan fingerprint density at radius 2 is 1.96 bits per heavy atom. The minimum atomic E-state index is -0.184. The first-order chi connectivity index (χ1) is 13.2. The first kappa shape index (κ1) is 18.4. The summed E-state index contributed by atoms with van der Waals surface area (Å²) < 4.78 is 4.74. The lowest BCUT2D eigenvalue weighted by Gasteiger charge is -2.16. The van der Waals surface area contributed by atoms with E-state index in [9.17, 15) is 4.79 Å². The molecule has 1 aromatic carbocycles. The Labute approximate surface area is 168 Å². The fourth-order valence-corrected chi connectivity index (χ4v) is 4.77. The Morgan fingerprint density at radius 1 is 1.26 bits per heavy atom. The molecule has 2 amide bonds. The van der Waals surface area contributed by atoms with Crippen molar-refractivity contribution in [1.82, 2.24) is 14.3 Å². The number of rotatable bonds is 5. The SMILES string of the molecule is CCn1c(Cl)cnc1/C=C/SNC(=O)Nc1c2c(cc3c1CCC3)CCC2. The summed E-state index contributed by atoms with van der Waals surface area (Å²) >= 11 is 7.30. The molecule has 1 heterocycles. The van der Waals surface area contributed by atoms with Crippen molar-refractivity contribution in [3.05, 3.63) is 50.9 Å². The van der Waals surface area contributed by atoms with Gasteiger partial charge in [0, 0.05) is 12.2 Å². The van der Waals surface area contributed by atoms with E-state index in [0.29, 0.717) is 5.15 Å². The largest absolute Gasteiger partial charge is 0.329 e. The second-order valence-electron chi connectivity index (χ2n) is 6.89. The zero-order chi connectivity index (χ0) is 18.8. The van der Waals surface area contributed by atoms with Crippen molar-refractivity contribution in [2.75, 3.05) is 5.32 Å². The predicted octanol–water partition coefficient (Wildman–Crippen LogP) is 4.97. The van der Waals surface area contributed by atoms with E-state index < -0.39 is 0 Å². The smallest absolute Gasteiger partial charge is 0.316 e. The first-order valence-corrected chi connectivity index (χ1v) is 10.7. The molecule has 0 saturated carbocycles. The first-order valence-electron chi connectivity index (χ1n) is 9.44. The van der Waals surface area contributed by atoms with Gasteiger partial charge in [0.1, 0.15) is 11.0 Å². The fraction of sp³-hybridized carbons (Fsp3) is 0.400. The van der Waals surface area contributed by atoms with Gasteiger partial charge in [-0.2, -0.15) is 0 Å². The lowest BCUT2D eigenvalue weighted by molar-refractivity contribution is 0.257. The molecule has 0 aliphatic heterocycles. The van der Waals surface area contributed by atoms with Gasteiger partial charge in [0.2, 0.25) is 0 Å². The van der Waals surface area contributed by atoms with Gasteiger partial charge in [-0.05, 0) is 91.1 Å². The van der Waals surface area contributed by atoms with Gasteiger partial charge in [0.05, 0.1) is 6.20 Å². The van der Waals surface area contributed by atoms with Crippen LogP contribution in [0, 0.1) is 0 Å². The van der Waals surface area contributed by atoms with Crippen molar-refractivity contribution < 1.29 is 4.79 Å². The number of aromatic nitrogens is 2. The average molecular weight is 403 g/mol. The Kier molecular flexibility index (Phi) is 5.45. The molecule has 2 aliphatic rings. The minimum Gasteiger partial charge on any atom is -0.316 e. The molecule has 2 N–H and O–H groups in total. The summed E-state index contributed by atoms with van der Waals surface area (Å²) in [4.78, 5) is 16.7. The molecule has 0 fully saturated rings. The summed E-state index contributed by atoms with van der Waals surface area (Å²) in [6.07, 6.45) is 10.2. The number of carbonyl (C=O) groups is 1. The number of nitrogens with one attached hydrogen (secondary N) is 2. The van der Waals surface area contributed by atoms with Crippen LogP contribution in [0.15, 0.2) is 17.7 Å². The maximum absolute atomic E-state index is 12.4. The van der Waals surface area contributed by atoms with Gasteiger partial charge in [-0.25, -0.2) is 9.78 Å². The quantitative estimate of drug-likeness (QED) is 0.694. The molecule has 0 saturated heterocycles. The number of carbonyl (C=O) groups excluding carboxylic acids is 1. The Balaban J connectivity index is 1.40. The maximum Gasteiger partial charge on any atom is 0.329 e. The van der Waals surface area contributed by atoms with Gasteiger partial charge < -0.3 is 9.88 Å². The molecule has 142 valence electrons. The van der Waals surface area contributed by atoms with E-state index in [1.807, 2.05) is 23.0 Å². The van der Waals surface area contributed by atoms with Gasteiger partial charge in [0.15, 0.2) is 0 Å².